The fourth-order valence-electron chi connectivity index (χ4n) is 5.18. The Hall–Kier alpha value is -3.34. The van der Waals surface area contributed by atoms with E-state index in [9.17, 15) is 9.59 Å². The molecule has 1 fully saturated rings. The predicted molar refractivity (Wildman–Crippen MR) is 134 cm³/mol. The molecule has 0 spiro atoms. The molecule has 5 rings (SSSR count). The summed E-state index contributed by atoms with van der Waals surface area (Å²) in [6.45, 7) is 2.86. The molecule has 176 valence electrons. The van der Waals surface area contributed by atoms with Crippen molar-refractivity contribution in [3.8, 4) is 0 Å². The third-order valence-corrected chi connectivity index (χ3v) is 7.19. The van der Waals surface area contributed by atoms with Crippen molar-refractivity contribution in [2.24, 2.45) is 5.92 Å². The molecule has 2 aromatic carbocycles. The van der Waals surface area contributed by atoms with Crippen LogP contribution in [0.4, 0.5) is 0 Å². The van der Waals surface area contributed by atoms with Crippen LogP contribution in [0.2, 0.25) is 0 Å². The number of carbonyl (C=O) groups is 2. The van der Waals surface area contributed by atoms with E-state index in [0.717, 1.165) is 61.9 Å². The van der Waals surface area contributed by atoms with E-state index in [-0.39, 0.29) is 23.9 Å². The lowest BCUT2D eigenvalue weighted by atomic mass is 10.0. The number of aromatic nitrogens is 1. The van der Waals surface area contributed by atoms with E-state index in [1.54, 1.807) is 0 Å². The second-order valence-corrected chi connectivity index (χ2v) is 9.54. The largest absolute Gasteiger partial charge is 0.345 e. The minimum absolute atomic E-state index is 0.0169. The first-order valence-corrected chi connectivity index (χ1v) is 12.6. The Morgan fingerprint density at radius 2 is 1.59 bits per heavy atom. The van der Waals surface area contributed by atoms with Gasteiger partial charge in [-0.3, -0.25) is 9.59 Å². The summed E-state index contributed by atoms with van der Waals surface area (Å²) in [6, 6.07) is 22.1. The zero-order chi connectivity index (χ0) is 23.5. The third-order valence-electron chi connectivity index (χ3n) is 7.19. The molecular weight excluding hydrogens is 422 g/mol. The molecule has 1 saturated carbocycles. The van der Waals surface area contributed by atoms with Crippen LogP contribution in [-0.2, 0) is 13.0 Å². The van der Waals surface area contributed by atoms with E-state index in [0.29, 0.717) is 17.2 Å². The van der Waals surface area contributed by atoms with E-state index < -0.39 is 0 Å². The van der Waals surface area contributed by atoms with Gasteiger partial charge >= 0.3 is 0 Å². The first-order valence-electron chi connectivity index (χ1n) is 12.6. The van der Waals surface area contributed by atoms with Gasteiger partial charge in [0.25, 0.3) is 11.8 Å². The maximum Gasteiger partial charge on any atom is 0.268 e. The highest BCUT2D eigenvalue weighted by Crippen LogP contribution is 2.41. The first-order chi connectivity index (χ1) is 16.7. The van der Waals surface area contributed by atoms with Crippen molar-refractivity contribution in [1.29, 1.82) is 0 Å². The number of nitrogens with zero attached hydrogens (tertiary/aromatic N) is 1. The van der Waals surface area contributed by atoms with Gasteiger partial charge in [0.2, 0.25) is 0 Å². The highest BCUT2D eigenvalue weighted by molar-refractivity contribution is 6.01. The molecule has 1 aromatic heterocycles. The number of rotatable bonds is 8. The minimum Gasteiger partial charge on any atom is -0.345 e. The molecule has 0 bridgehead atoms. The van der Waals surface area contributed by atoms with E-state index in [1.165, 1.54) is 0 Å². The summed E-state index contributed by atoms with van der Waals surface area (Å²) in [6.07, 6.45) is 5.96. The van der Waals surface area contributed by atoms with Gasteiger partial charge in [-0.05, 0) is 61.6 Å². The Balaban J connectivity index is 1.40. The monoisotopic (exact) mass is 455 g/mol. The van der Waals surface area contributed by atoms with Crippen molar-refractivity contribution < 1.29 is 9.59 Å². The van der Waals surface area contributed by atoms with Crippen LogP contribution in [0.5, 0.6) is 0 Å². The fourth-order valence-corrected chi connectivity index (χ4v) is 5.18. The average molecular weight is 456 g/mol. The van der Waals surface area contributed by atoms with Gasteiger partial charge in [-0.25, -0.2) is 0 Å². The van der Waals surface area contributed by atoms with Crippen LogP contribution < -0.4 is 10.6 Å². The lowest BCUT2D eigenvalue weighted by Crippen LogP contribution is -2.32. The Kier molecular flexibility index (Phi) is 6.52. The van der Waals surface area contributed by atoms with E-state index in [2.05, 4.69) is 34.3 Å². The summed E-state index contributed by atoms with van der Waals surface area (Å²) in [4.78, 5) is 26.9. The number of hydrogen-bond donors (Lipinski definition) is 2. The standard InChI is InChI=1S/C29H33N3O2/c1-2-24(20-11-5-3-6-12-20)30-28(33)23-19-26(32-18-10-9-15-25(23)32)29(34)31-27(22-16-17-22)21-13-7-4-8-14-21/h3-8,11-14,19,22,24,27H,2,9-10,15-18H2,1H3,(H,30,33)(H,31,34)/t24-,27?/m1/s1. The quantitative estimate of drug-likeness (QED) is 0.465. The first kappa shape index (κ1) is 22.5. The van der Waals surface area contributed by atoms with E-state index >= 15 is 0 Å². The summed E-state index contributed by atoms with van der Waals surface area (Å²) in [7, 11) is 0. The van der Waals surface area contributed by atoms with Crippen molar-refractivity contribution in [1.82, 2.24) is 15.2 Å². The molecule has 1 aliphatic carbocycles. The number of carbonyl (C=O) groups excluding carboxylic acids is 2. The molecule has 2 amide bonds. The molecule has 1 unspecified atom stereocenters. The molecule has 3 aromatic rings. The van der Waals surface area contributed by atoms with Crippen LogP contribution >= 0.6 is 0 Å². The molecule has 34 heavy (non-hydrogen) atoms. The molecule has 2 heterocycles. The molecule has 2 N–H and O–H groups in total. The lowest BCUT2D eigenvalue weighted by Gasteiger charge is -2.22. The lowest BCUT2D eigenvalue weighted by molar-refractivity contribution is 0.0918. The average Bonchev–Trinajstić information content (AvgIpc) is 3.66. The van der Waals surface area contributed by atoms with Crippen molar-refractivity contribution in [2.45, 2.75) is 64.1 Å². The van der Waals surface area contributed by atoms with Gasteiger partial charge in [-0.2, -0.15) is 0 Å². The SMILES string of the molecule is CC[C@@H](NC(=O)c1cc(C(=O)NC(c2ccccc2)C2CC2)n2c1CCCC2)c1ccccc1. The highest BCUT2D eigenvalue weighted by Gasteiger charge is 2.35. The number of hydrogen-bond acceptors (Lipinski definition) is 2. The van der Waals surface area contributed by atoms with E-state index in [1.807, 2.05) is 54.6 Å². The molecular formula is C29H33N3O2. The topological polar surface area (TPSA) is 63.1 Å². The van der Waals surface area contributed by atoms with Crippen molar-refractivity contribution >= 4 is 11.8 Å². The fraction of sp³-hybridized carbons (Fsp3) is 0.379. The van der Waals surface area contributed by atoms with Crippen LogP contribution in [0.3, 0.4) is 0 Å². The third kappa shape index (κ3) is 4.65. The Labute approximate surface area is 201 Å². The highest BCUT2D eigenvalue weighted by atomic mass is 16.2. The van der Waals surface area contributed by atoms with Crippen LogP contribution in [0, 0.1) is 5.92 Å². The molecule has 0 radical (unpaired) electrons. The number of benzene rings is 2. The summed E-state index contributed by atoms with van der Waals surface area (Å²) in [5, 5.41) is 6.51. The maximum atomic E-state index is 13.5. The Morgan fingerprint density at radius 1 is 0.912 bits per heavy atom. The molecule has 0 saturated heterocycles. The number of nitrogens with one attached hydrogen (secondary N) is 2. The van der Waals surface area contributed by atoms with Gasteiger partial charge < -0.3 is 15.2 Å². The molecule has 2 aliphatic rings. The van der Waals surface area contributed by atoms with Gasteiger partial charge in [0.15, 0.2) is 0 Å². The van der Waals surface area contributed by atoms with Crippen molar-refractivity contribution in [2.75, 3.05) is 0 Å². The van der Waals surface area contributed by atoms with E-state index in [4.69, 9.17) is 0 Å². The van der Waals surface area contributed by atoms with Crippen LogP contribution in [0.15, 0.2) is 66.7 Å². The molecule has 1 aliphatic heterocycles. The van der Waals surface area contributed by atoms with Crippen LogP contribution in [0.25, 0.3) is 0 Å². The summed E-state index contributed by atoms with van der Waals surface area (Å²) >= 11 is 0. The van der Waals surface area contributed by atoms with Crippen LogP contribution in [-0.4, -0.2) is 16.4 Å². The summed E-state index contributed by atoms with van der Waals surface area (Å²) < 4.78 is 2.08. The van der Waals surface area contributed by atoms with Gasteiger partial charge in [0.05, 0.1) is 17.6 Å². The van der Waals surface area contributed by atoms with Gasteiger partial charge in [-0.15, -0.1) is 0 Å². The second kappa shape index (κ2) is 9.88. The smallest absolute Gasteiger partial charge is 0.268 e. The Morgan fingerprint density at radius 3 is 2.24 bits per heavy atom. The minimum atomic E-state index is -0.0952. The number of fused-ring (bicyclic) bond motifs is 1. The molecule has 5 heteroatoms. The van der Waals surface area contributed by atoms with Gasteiger partial charge in [0, 0.05) is 12.2 Å². The van der Waals surface area contributed by atoms with Crippen LogP contribution in [0.1, 0.15) is 88.8 Å². The zero-order valence-electron chi connectivity index (χ0n) is 19.8. The van der Waals surface area contributed by atoms with Gasteiger partial charge in [0.1, 0.15) is 5.69 Å². The zero-order valence-corrected chi connectivity index (χ0v) is 19.8. The van der Waals surface area contributed by atoms with Crippen molar-refractivity contribution in [3.05, 3.63) is 94.8 Å². The second-order valence-electron chi connectivity index (χ2n) is 9.54. The summed E-state index contributed by atoms with van der Waals surface area (Å²) in [5.41, 5.74) is 4.48. The molecule has 2 atom stereocenters. The molecule has 5 nitrogen and oxygen atoms in total. The Bertz CT molecular complexity index is 1150. The predicted octanol–water partition coefficient (Wildman–Crippen LogP) is 5.59. The number of amides is 2. The maximum absolute atomic E-state index is 13.5. The summed E-state index contributed by atoms with van der Waals surface area (Å²) in [5.74, 6) is 0.307. The van der Waals surface area contributed by atoms with Crippen molar-refractivity contribution in [3.63, 3.8) is 0 Å². The normalized spacial score (nSPS) is 16.9. The van der Waals surface area contributed by atoms with Gasteiger partial charge in [-0.1, -0.05) is 67.6 Å².